The van der Waals surface area contributed by atoms with Crippen LogP contribution in [0.3, 0.4) is 0 Å². The second-order valence-corrected chi connectivity index (χ2v) is 6.79. The predicted octanol–water partition coefficient (Wildman–Crippen LogP) is 4.84. The van der Waals surface area contributed by atoms with Crippen LogP contribution in [0.2, 0.25) is 0 Å². The quantitative estimate of drug-likeness (QED) is 0.331. The zero-order valence-corrected chi connectivity index (χ0v) is 16.9. The van der Waals surface area contributed by atoms with E-state index in [1.165, 1.54) is 12.1 Å². The van der Waals surface area contributed by atoms with Crippen LogP contribution in [0.25, 0.3) is 0 Å². The van der Waals surface area contributed by atoms with Gasteiger partial charge in [0.05, 0.1) is 4.92 Å². The molecular weight excluding hydrogens is 372 g/mol. The Hall–Kier alpha value is -2.93. The van der Waals surface area contributed by atoms with Crippen LogP contribution in [-0.2, 0) is 22.5 Å². The molecule has 0 aliphatic carbocycles. The summed E-state index contributed by atoms with van der Waals surface area (Å²) in [5.41, 5.74) is 2.02. The highest BCUT2D eigenvalue weighted by Crippen LogP contribution is 2.20. The van der Waals surface area contributed by atoms with Gasteiger partial charge in [0, 0.05) is 18.7 Å². The van der Waals surface area contributed by atoms with E-state index < -0.39 is 17.2 Å². The molecule has 7 heteroatoms. The van der Waals surface area contributed by atoms with Gasteiger partial charge in [0.25, 0.3) is 5.69 Å². The van der Waals surface area contributed by atoms with E-state index in [4.69, 9.17) is 9.47 Å². The normalized spacial score (nSPS) is 12.8. The minimum atomic E-state index is -0.516. The van der Waals surface area contributed by atoms with E-state index in [1.807, 2.05) is 37.3 Å². The zero-order chi connectivity index (χ0) is 21.1. The molecule has 2 rings (SSSR count). The van der Waals surface area contributed by atoms with Crippen LogP contribution >= 0.6 is 0 Å². The Kier molecular flexibility index (Phi) is 9.11. The third-order valence-electron chi connectivity index (χ3n) is 4.66. The summed E-state index contributed by atoms with van der Waals surface area (Å²) in [5, 5.41) is 13.6. The lowest BCUT2D eigenvalue weighted by Crippen LogP contribution is -2.39. The molecule has 2 atom stereocenters. The molecule has 0 fully saturated rings. The summed E-state index contributed by atoms with van der Waals surface area (Å²) >= 11 is 0. The van der Waals surface area contributed by atoms with Gasteiger partial charge in [-0.25, -0.2) is 4.79 Å². The van der Waals surface area contributed by atoms with E-state index in [-0.39, 0.29) is 18.2 Å². The number of rotatable bonds is 11. The summed E-state index contributed by atoms with van der Waals surface area (Å²) in [6.07, 6.45) is 1.30. The number of nitrogens with zero attached hydrogens (tertiary/aromatic N) is 1. The SMILES string of the molecule is CCOC(C[C@@H](CC)Cc1ccc([N+](=O)[O-])cc1)NC(=O)OCc1ccccc1. The monoisotopic (exact) mass is 400 g/mol. The number of nitro groups is 1. The average Bonchev–Trinajstić information content (AvgIpc) is 2.73. The van der Waals surface area contributed by atoms with Crippen LogP contribution in [0, 0.1) is 16.0 Å². The highest BCUT2D eigenvalue weighted by Gasteiger charge is 2.19. The number of hydrogen-bond acceptors (Lipinski definition) is 5. The molecule has 0 saturated heterocycles. The van der Waals surface area contributed by atoms with Crippen molar-refractivity contribution in [3.05, 3.63) is 75.8 Å². The second kappa shape index (κ2) is 11.8. The number of non-ortho nitro benzene ring substituents is 1. The summed E-state index contributed by atoms with van der Waals surface area (Å²) in [6.45, 7) is 4.62. The molecular formula is C22H28N2O5. The maximum absolute atomic E-state index is 12.2. The summed E-state index contributed by atoms with van der Waals surface area (Å²) in [7, 11) is 0. The maximum Gasteiger partial charge on any atom is 0.409 e. The number of amides is 1. The first-order valence-corrected chi connectivity index (χ1v) is 9.84. The first-order valence-electron chi connectivity index (χ1n) is 9.84. The van der Waals surface area contributed by atoms with Gasteiger partial charge in [-0.05, 0) is 36.8 Å². The minimum Gasteiger partial charge on any atom is -0.445 e. The summed E-state index contributed by atoms with van der Waals surface area (Å²) in [5.74, 6) is 0.252. The number of hydrogen-bond donors (Lipinski definition) is 1. The highest BCUT2D eigenvalue weighted by molar-refractivity contribution is 5.67. The van der Waals surface area contributed by atoms with Gasteiger partial charge in [0.2, 0.25) is 0 Å². The van der Waals surface area contributed by atoms with E-state index >= 15 is 0 Å². The molecule has 1 unspecified atom stereocenters. The molecule has 2 aromatic rings. The van der Waals surface area contributed by atoms with Gasteiger partial charge in [0.1, 0.15) is 12.8 Å². The van der Waals surface area contributed by atoms with Crippen LogP contribution in [0.15, 0.2) is 54.6 Å². The van der Waals surface area contributed by atoms with Gasteiger partial charge in [-0.3, -0.25) is 15.4 Å². The molecule has 0 heterocycles. The first-order chi connectivity index (χ1) is 14.0. The van der Waals surface area contributed by atoms with Crippen LogP contribution in [0.1, 0.15) is 37.8 Å². The zero-order valence-electron chi connectivity index (χ0n) is 16.9. The number of alkyl carbamates (subject to hydrolysis) is 1. The van der Waals surface area contributed by atoms with Crippen molar-refractivity contribution in [3.8, 4) is 0 Å². The van der Waals surface area contributed by atoms with Crippen LogP contribution in [-0.4, -0.2) is 23.9 Å². The van der Waals surface area contributed by atoms with Gasteiger partial charge >= 0.3 is 6.09 Å². The molecule has 156 valence electrons. The molecule has 0 saturated carbocycles. The van der Waals surface area contributed by atoms with Crippen LogP contribution < -0.4 is 5.32 Å². The largest absolute Gasteiger partial charge is 0.445 e. The van der Waals surface area contributed by atoms with Crippen LogP contribution in [0.4, 0.5) is 10.5 Å². The first kappa shape index (κ1) is 22.4. The Morgan fingerprint density at radius 1 is 1.07 bits per heavy atom. The number of nitro benzene ring substituents is 1. The Bertz CT molecular complexity index is 765. The topological polar surface area (TPSA) is 90.7 Å². The van der Waals surface area contributed by atoms with E-state index in [0.717, 1.165) is 24.0 Å². The number of nitrogens with one attached hydrogen (secondary N) is 1. The lowest BCUT2D eigenvalue weighted by Gasteiger charge is -2.23. The van der Waals surface area contributed by atoms with Crippen molar-refractivity contribution in [2.45, 2.75) is 45.9 Å². The molecule has 0 aromatic heterocycles. The molecule has 0 aliphatic heterocycles. The molecule has 1 amide bonds. The van der Waals surface area contributed by atoms with Gasteiger partial charge in [-0.15, -0.1) is 0 Å². The van der Waals surface area contributed by atoms with Gasteiger partial charge in [0.15, 0.2) is 0 Å². The van der Waals surface area contributed by atoms with Crippen molar-refractivity contribution in [2.24, 2.45) is 5.92 Å². The molecule has 1 N–H and O–H groups in total. The predicted molar refractivity (Wildman–Crippen MR) is 110 cm³/mol. The molecule has 0 aliphatic rings. The number of carbonyl (C=O) groups excluding carboxylic acids is 1. The molecule has 0 spiro atoms. The molecule has 29 heavy (non-hydrogen) atoms. The summed E-state index contributed by atoms with van der Waals surface area (Å²) in [6, 6.07) is 16.1. The van der Waals surface area contributed by atoms with Crippen molar-refractivity contribution >= 4 is 11.8 Å². The molecule has 7 nitrogen and oxygen atoms in total. The van der Waals surface area contributed by atoms with E-state index in [2.05, 4.69) is 12.2 Å². The van der Waals surface area contributed by atoms with Crippen molar-refractivity contribution in [2.75, 3.05) is 6.61 Å². The minimum absolute atomic E-state index is 0.0804. The van der Waals surface area contributed by atoms with Gasteiger partial charge < -0.3 is 9.47 Å². The number of carbonyl (C=O) groups is 1. The molecule has 2 aromatic carbocycles. The number of ether oxygens (including phenoxy) is 2. The van der Waals surface area contributed by atoms with Gasteiger partial charge in [-0.1, -0.05) is 55.8 Å². The molecule has 0 bridgehead atoms. The number of benzene rings is 2. The van der Waals surface area contributed by atoms with Crippen molar-refractivity contribution < 1.29 is 19.2 Å². The van der Waals surface area contributed by atoms with Crippen molar-refractivity contribution in [1.29, 1.82) is 0 Å². The Morgan fingerprint density at radius 2 is 1.76 bits per heavy atom. The van der Waals surface area contributed by atoms with Crippen molar-refractivity contribution in [3.63, 3.8) is 0 Å². The third kappa shape index (κ3) is 7.91. The van der Waals surface area contributed by atoms with Crippen molar-refractivity contribution in [1.82, 2.24) is 5.32 Å². The summed E-state index contributed by atoms with van der Waals surface area (Å²) < 4.78 is 11.0. The fourth-order valence-electron chi connectivity index (χ4n) is 3.05. The summed E-state index contributed by atoms with van der Waals surface area (Å²) in [4.78, 5) is 22.5. The fraction of sp³-hybridized carbons (Fsp3) is 0.409. The fourth-order valence-corrected chi connectivity index (χ4v) is 3.05. The highest BCUT2D eigenvalue weighted by atomic mass is 16.6. The van der Waals surface area contributed by atoms with E-state index in [9.17, 15) is 14.9 Å². The Morgan fingerprint density at radius 3 is 2.34 bits per heavy atom. The Balaban J connectivity index is 1.88. The Labute approximate surface area is 171 Å². The lowest BCUT2D eigenvalue weighted by molar-refractivity contribution is -0.384. The van der Waals surface area contributed by atoms with E-state index in [1.54, 1.807) is 12.1 Å². The lowest BCUT2D eigenvalue weighted by atomic mass is 9.93. The van der Waals surface area contributed by atoms with Gasteiger partial charge in [-0.2, -0.15) is 0 Å². The second-order valence-electron chi connectivity index (χ2n) is 6.79. The third-order valence-corrected chi connectivity index (χ3v) is 4.66. The standard InChI is InChI=1S/C22H28N2O5/c1-3-17(14-18-10-12-20(13-11-18)24(26)27)15-21(28-4-2)23-22(25)29-16-19-8-6-5-7-9-19/h5-13,17,21H,3-4,14-16H2,1-2H3,(H,23,25)/t17-,21?/m0/s1. The van der Waals surface area contributed by atoms with E-state index in [0.29, 0.717) is 13.0 Å². The average molecular weight is 400 g/mol. The molecule has 0 radical (unpaired) electrons. The smallest absolute Gasteiger partial charge is 0.409 e. The van der Waals surface area contributed by atoms with Crippen LogP contribution in [0.5, 0.6) is 0 Å². The maximum atomic E-state index is 12.2.